The lowest BCUT2D eigenvalue weighted by atomic mass is 10.1. The Kier molecular flexibility index (Phi) is 3.57. The molecule has 0 radical (unpaired) electrons. The number of carbonyl (C=O) groups excluding carboxylic acids is 1. The number of nitrogen functional groups attached to an aromatic ring is 1. The van der Waals surface area contributed by atoms with Gasteiger partial charge in [-0.3, -0.25) is 4.79 Å². The molecular weight excluding hydrogens is 234 g/mol. The van der Waals surface area contributed by atoms with Crippen LogP contribution >= 0.6 is 11.3 Å². The third-order valence-electron chi connectivity index (χ3n) is 3.02. The lowest BCUT2D eigenvalue weighted by Gasteiger charge is -2.27. The van der Waals surface area contributed by atoms with Crippen LogP contribution in [-0.2, 0) is 0 Å². The van der Waals surface area contributed by atoms with Crippen molar-refractivity contribution in [2.24, 2.45) is 0 Å². The van der Waals surface area contributed by atoms with Gasteiger partial charge in [0.05, 0.1) is 10.7 Å². The van der Waals surface area contributed by atoms with E-state index in [1.807, 2.05) is 6.07 Å². The maximum Gasteiger partial charge on any atom is 0.265 e. The van der Waals surface area contributed by atoms with Crippen LogP contribution in [0.25, 0.3) is 0 Å². The molecule has 17 heavy (non-hydrogen) atoms. The first-order chi connectivity index (χ1) is 8.09. The molecule has 1 amide bonds. The van der Waals surface area contributed by atoms with Crippen molar-refractivity contribution < 1.29 is 4.79 Å². The summed E-state index contributed by atoms with van der Waals surface area (Å²) >= 11 is 1.51. The minimum absolute atomic E-state index is 0.00393. The van der Waals surface area contributed by atoms with E-state index < -0.39 is 0 Å². The van der Waals surface area contributed by atoms with Crippen LogP contribution in [0.5, 0.6) is 0 Å². The molecule has 2 rings (SSSR count). The Bertz CT molecular complexity index is 408. The lowest BCUT2D eigenvalue weighted by molar-refractivity contribution is 0.0833. The molecule has 5 heteroatoms. The first-order valence-electron chi connectivity index (χ1n) is 5.95. The standard InChI is InChI=1S/C12H19N3OS/c1-14(2)12(16)11-9(13)8-10(17-11)15-6-4-3-5-7-15/h8H,3-7,13H2,1-2H3. The Balaban J connectivity index is 2.20. The summed E-state index contributed by atoms with van der Waals surface area (Å²) < 4.78 is 0. The van der Waals surface area contributed by atoms with Crippen LogP contribution in [0.15, 0.2) is 6.07 Å². The predicted octanol–water partition coefficient (Wildman–Crippen LogP) is 2.02. The number of amides is 1. The fourth-order valence-electron chi connectivity index (χ4n) is 2.03. The van der Waals surface area contributed by atoms with Crippen molar-refractivity contribution in [3.05, 3.63) is 10.9 Å². The molecule has 1 fully saturated rings. The molecule has 0 aliphatic carbocycles. The van der Waals surface area contributed by atoms with Gasteiger partial charge in [-0.25, -0.2) is 0 Å². The molecule has 0 spiro atoms. The van der Waals surface area contributed by atoms with Crippen LogP contribution in [0.1, 0.15) is 28.9 Å². The van der Waals surface area contributed by atoms with Gasteiger partial charge in [-0.1, -0.05) is 0 Å². The fourth-order valence-corrected chi connectivity index (χ4v) is 3.19. The first kappa shape index (κ1) is 12.2. The van der Waals surface area contributed by atoms with Crippen molar-refractivity contribution in [3.8, 4) is 0 Å². The van der Waals surface area contributed by atoms with Crippen molar-refractivity contribution in [1.82, 2.24) is 4.90 Å². The zero-order chi connectivity index (χ0) is 12.4. The summed E-state index contributed by atoms with van der Waals surface area (Å²) in [6.45, 7) is 2.16. The monoisotopic (exact) mass is 253 g/mol. The van der Waals surface area contributed by atoms with E-state index in [0.717, 1.165) is 18.1 Å². The molecule has 0 saturated carbocycles. The summed E-state index contributed by atoms with van der Waals surface area (Å²) in [4.78, 5) is 16.5. The first-order valence-corrected chi connectivity index (χ1v) is 6.77. The summed E-state index contributed by atoms with van der Waals surface area (Å²) in [6, 6.07) is 1.94. The molecule has 1 aliphatic heterocycles. The van der Waals surface area contributed by atoms with Gasteiger partial charge in [-0.2, -0.15) is 0 Å². The Morgan fingerprint density at radius 3 is 2.59 bits per heavy atom. The van der Waals surface area contributed by atoms with Crippen molar-refractivity contribution >= 4 is 27.9 Å². The van der Waals surface area contributed by atoms with Crippen molar-refractivity contribution in [1.29, 1.82) is 0 Å². The van der Waals surface area contributed by atoms with Gasteiger partial charge >= 0.3 is 0 Å². The Morgan fingerprint density at radius 1 is 1.35 bits per heavy atom. The van der Waals surface area contributed by atoms with E-state index >= 15 is 0 Å². The molecule has 2 N–H and O–H groups in total. The van der Waals surface area contributed by atoms with Crippen molar-refractivity contribution in [2.75, 3.05) is 37.8 Å². The lowest BCUT2D eigenvalue weighted by Crippen LogP contribution is -2.28. The second-order valence-electron chi connectivity index (χ2n) is 4.62. The molecule has 0 unspecified atom stereocenters. The van der Waals surface area contributed by atoms with Crippen LogP contribution in [0, 0.1) is 0 Å². The molecule has 94 valence electrons. The number of rotatable bonds is 2. The summed E-state index contributed by atoms with van der Waals surface area (Å²) in [6.07, 6.45) is 3.77. The summed E-state index contributed by atoms with van der Waals surface area (Å²) in [7, 11) is 3.50. The zero-order valence-corrected chi connectivity index (χ0v) is 11.2. The highest BCUT2D eigenvalue weighted by molar-refractivity contribution is 7.18. The topological polar surface area (TPSA) is 49.6 Å². The van der Waals surface area contributed by atoms with E-state index in [2.05, 4.69) is 4.90 Å². The van der Waals surface area contributed by atoms with E-state index in [4.69, 9.17) is 5.73 Å². The van der Waals surface area contributed by atoms with Gasteiger partial charge in [-0.05, 0) is 25.3 Å². The van der Waals surface area contributed by atoms with Crippen molar-refractivity contribution in [2.45, 2.75) is 19.3 Å². The van der Waals surface area contributed by atoms with E-state index in [0.29, 0.717) is 10.6 Å². The predicted molar refractivity (Wildman–Crippen MR) is 72.8 cm³/mol. The minimum Gasteiger partial charge on any atom is -0.397 e. The van der Waals surface area contributed by atoms with Crippen LogP contribution < -0.4 is 10.6 Å². The number of carbonyl (C=O) groups is 1. The highest BCUT2D eigenvalue weighted by Crippen LogP contribution is 2.34. The molecule has 0 atom stereocenters. The van der Waals surface area contributed by atoms with E-state index in [-0.39, 0.29) is 5.91 Å². The molecule has 1 aromatic heterocycles. The molecular formula is C12H19N3OS. The fraction of sp³-hybridized carbons (Fsp3) is 0.583. The molecule has 1 aromatic rings. The Morgan fingerprint density at radius 2 is 2.00 bits per heavy atom. The molecule has 4 nitrogen and oxygen atoms in total. The third kappa shape index (κ3) is 2.54. The maximum atomic E-state index is 11.9. The summed E-state index contributed by atoms with van der Waals surface area (Å²) in [5.74, 6) is -0.00393. The zero-order valence-electron chi connectivity index (χ0n) is 10.4. The molecule has 0 aromatic carbocycles. The summed E-state index contributed by atoms with van der Waals surface area (Å²) in [5.41, 5.74) is 6.53. The summed E-state index contributed by atoms with van der Waals surface area (Å²) in [5, 5.41) is 1.13. The van der Waals surface area contributed by atoms with Gasteiger partial charge in [-0.15, -0.1) is 11.3 Å². The normalized spacial score (nSPS) is 16.0. The van der Waals surface area contributed by atoms with Crippen LogP contribution in [0.2, 0.25) is 0 Å². The Hall–Kier alpha value is -1.23. The molecule has 0 bridgehead atoms. The highest BCUT2D eigenvalue weighted by atomic mass is 32.1. The number of piperidine rings is 1. The van der Waals surface area contributed by atoms with Gasteiger partial charge < -0.3 is 15.5 Å². The van der Waals surface area contributed by atoms with Gasteiger partial charge in [0.1, 0.15) is 4.88 Å². The SMILES string of the molecule is CN(C)C(=O)c1sc(N2CCCCC2)cc1N. The number of anilines is 2. The highest BCUT2D eigenvalue weighted by Gasteiger charge is 2.19. The quantitative estimate of drug-likeness (QED) is 0.877. The van der Waals surface area contributed by atoms with Gasteiger partial charge in [0, 0.05) is 27.2 Å². The second kappa shape index (κ2) is 4.96. The van der Waals surface area contributed by atoms with Crippen LogP contribution in [0.4, 0.5) is 10.7 Å². The van der Waals surface area contributed by atoms with Gasteiger partial charge in [0.15, 0.2) is 0 Å². The van der Waals surface area contributed by atoms with Gasteiger partial charge in [0.25, 0.3) is 5.91 Å². The minimum atomic E-state index is -0.00393. The van der Waals surface area contributed by atoms with Crippen LogP contribution in [0.3, 0.4) is 0 Å². The largest absolute Gasteiger partial charge is 0.397 e. The third-order valence-corrected chi connectivity index (χ3v) is 4.22. The Labute approximate surface area is 106 Å². The number of thiophene rings is 1. The van der Waals surface area contributed by atoms with Crippen molar-refractivity contribution in [3.63, 3.8) is 0 Å². The smallest absolute Gasteiger partial charge is 0.265 e. The average Bonchev–Trinajstić information content (AvgIpc) is 2.71. The number of hydrogen-bond donors (Lipinski definition) is 1. The van der Waals surface area contributed by atoms with Crippen LogP contribution in [-0.4, -0.2) is 38.0 Å². The molecule has 1 aliphatic rings. The van der Waals surface area contributed by atoms with Gasteiger partial charge in [0.2, 0.25) is 0 Å². The van der Waals surface area contributed by atoms with E-state index in [1.165, 1.54) is 30.6 Å². The second-order valence-corrected chi connectivity index (χ2v) is 5.65. The van der Waals surface area contributed by atoms with E-state index in [9.17, 15) is 4.79 Å². The number of nitrogens with two attached hydrogens (primary N) is 1. The molecule has 2 heterocycles. The number of hydrogen-bond acceptors (Lipinski definition) is 4. The number of nitrogens with zero attached hydrogens (tertiary/aromatic N) is 2. The van der Waals surface area contributed by atoms with E-state index in [1.54, 1.807) is 19.0 Å². The molecule has 1 saturated heterocycles. The maximum absolute atomic E-state index is 11.9. The average molecular weight is 253 g/mol.